The number of unbranched alkanes of at least 4 members (excludes halogenated alkanes) is 1. The highest BCUT2D eigenvalue weighted by atomic mass is 32.2. The number of hydrogen-bond acceptors (Lipinski definition) is 6. The van der Waals surface area contributed by atoms with Crippen molar-refractivity contribution in [2.24, 2.45) is 5.73 Å². The summed E-state index contributed by atoms with van der Waals surface area (Å²) in [6.45, 7) is 6.06. The molecule has 8 heteroatoms. The Hall–Kier alpha value is -2.81. The van der Waals surface area contributed by atoms with Gasteiger partial charge in [0.1, 0.15) is 0 Å². The molecule has 2 N–H and O–H groups in total. The quantitative estimate of drug-likeness (QED) is 0.336. The molecule has 36 heavy (non-hydrogen) atoms. The number of pyridine rings is 2. The maximum Gasteiger partial charge on any atom is 0.236 e. The third-order valence-electron chi connectivity index (χ3n) is 6.81. The number of para-hydroxylation sites is 1. The van der Waals surface area contributed by atoms with Crippen LogP contribution in [0.25, 0.3) is 21.8 Å². The molecular formula is C28H37N5O2S. The minimum atomic E-state index is -3.54. The van der Waals surface area contributed by atoms with Crippen molar-refractivity contribution in [2.45, 2.75) is 58.5 Å². The maximum absolute atomic E-state index is 12.9. The Morgan fingerprint density at radius 1 is 1.03 bits per heavy atom. The molecule has 0 saturated heterocycles. The Morgan fingerprint density at radius 2 is 1.83 bits per heavy atom. The highest BCUT2D eigenvalue weighted by Gasteiger charge is 2.29. The predicted molar refractivity (Wildman–Crippen MR) is 147 cm³/mol. The molecule has 0 unspecified atom stereocenters. The van der Waals surface area contributed by atoms with Gasteiger partial charge in [-0.3, -0.25) is 14.9 Å². The Labute approximate surface area is 214 Å². The van der Waals surface area contributed by atoms with E-state index in [-0.39, 0.29) is 6.04 Å². The number of fused-ring (bicyclic) bond motifs is 4. The molecule has 0 spiro atoms. The van der Waals surface area contributed by atoms with E-state index in [2.05, 4.69) is 11.0 Å². The molecule has 0 radical (unpaired) electrons. The van der Waals surface area contributed by atoms with Crippen LogP contribution in [0, 0.1) is 0 Å². The summed E-state index contributed by atoms with van der Waals surface area (Å²) in [7, 11) is -3.54. The molecular weight excluding hydrogens is 470 g/mol. The lowest BCUT2D eigenvalue weighted by atomic mass is 9.90. The average molecular weight is 508 g/mol. The van der Waals surface area contributed by atoms with Gasteiger partial charge in [0, 0.05) is 29.7 Å². The number of aryl methyl sites for hydroxylation is 1. The van der Waals surface area contributed by atoms with Crippen LogP contribution in [0.3, 0.4) is 0 Å². The van der Waals surface area contributed by atoms with Crippen LogP contribution in [-0.4, -0.2) is 46.6 Å². The fraction of sp³-hybridized carbons (Fsp3) is 0.429. The Kier molecular flexibility index (Phi) is 8.39. The van der Waals surface area contributed by atoms with E-state index in [0.717, 1.165) is 60.8 Å². The lowest BCUT2D eigenvalue weighted by Gasteiger charge is -2.35. The molecule has 0 fully saturated rings. The largest absolute Gasteiger partial charge is 0.330 e. The second-order valence-corrected chi connectivity index (χ2v) is 11.0. The molecule has 7 nitrogen and oxygen atoms in total. The number of nitrogens with two attached hydrogens (primary N) is 1. The fourth-order valence-corrected chi connectivity index (χ4v) is 6.39. The van der Waals surface area contributed by atoms with Crippen molar-refractivity contribution in [3.63, 3.8) is 0 Å². The van der Waals surface area contributed by atoms with E-state index in [9.17, 15) is 8.42 Å². The normalized spacial score (nSPS) is 15.6. The molecule has 0 saturated carbocycles. The standard InChI is InChI=1S/C26H31N5O2S.C2H6/c1-34(32,33)31-23-11-3-2-10-20(23)21-13-16-28-22(26(21)31)18-30(17-5-4-14-27)24-12-6-8-19-9-7-15-29-25(19)24;1-2/h2-3,7,9-11,13,15-16,24H,4-6,8,12,14,17-18,27H2,1H3;1-2H3/t24-;/m0./s1. The highest BCUT2D eigenvalue weighted by Crippen LogP contribution is 2.36. The van der Waals surface area contributed by atoms with Gasteiger partial charge >= 0.3 is 0 Å². The number of aromatic nitrogens is 3. The molecule has 4 aromatic rings. The van der Waals surface area contributed by atoms with E-state index in [1.54, 1.807) is 6.20 Å². The van der Waals surface area contributed by atoms with Crippen molar-refractivity contribution in [1.29, 1.82) is 0 Å². The van der Waals surface area contributed by atoms with E-state index in [1.807, 2.05) is 56.4 Å². The Bertz CT molecular complexity index is 1430. The van der Waals surface area contributed by atoms with Gasteiger partial charge in [-0.25, -0.2) is 12.4 Å². The zero-order valence-corrected chi connectivity index (χ0v) is 22.3. The molecule has 3 aromatic heterocycles. The van der Waals surface area contributed by atoms with Crippen molar-refractivity contribution in [2.75, 3.05) is 19.3 Å². The van der Waals surface area contributed by atoms with Gasteiger partial charge in [0.2, 0.25) is 10.0 Å². The molecule has 1 aromatic carbocycles. The van der Waals surface area contributed by atoms with E-state index in [4.69, 9.17) is 15.7 Å². The first kappa shape index (κ1) is 26.3. The summed E-state index contributed by atoms with van der Waals surface area (Å²) in [5.74, 6) is 0. The second-order valence-electron chi connectivity index (χ2n) is 9.12. The summed E-state index contributed by atoms with van der Waals surface area (Å²) in [6.07, 6.45) is 10.0. The van der Waals surface area contributed by atoms with Crippen LogP contribution >= 0.6 is 0 Å². The molecule has 3 heterocycles. The van der Waals surface area contributed by atoms with Crippen LogP contribution in [0.5, 0.6) is 0 Å². The summed E-state index contributed by atoms with van der Waals surface area (Å²) in [5, 5.41) is 1.83. The Balaban J connectivity index is 0.00000148. The van der Waals surface area contributed by atoms with E-state index in [1.165, 1.54) is 15.8 Å². The number of nitrogens with zero attached hydrogens (tertiary/aromatic N) is 4. The molecule has 0 aliphatic heterocycles. The molecule has 1 aliphatic rings. The molecule has 5 rings (SSSR count). The zero-order valence-electron chi connectivity index (χ0n) is 21.5. The summed E-state index contributed by atoms with van der Waals surface area (Å²) in [4.78, 5) is 11.9. The average Bonchev–Trinajstić information content (AvgIpc) is 3.25. The first-order valence-electron chi connectivity index (χ1n) is 12.9. The van der Waals surface area contributed by atoms with Gasteiger partial charge in [-0.1, -0.05) is 38.1 Å². The summed E-state index contributed by atoms with van der Waals surface area (Å²) >= 11 is 0. The lowest BCUT2D eigenvalue weighted by molar-refractivity contribution is 0.161. The van der Waals surface area contributed by atoms with Crippen LogP contribution in [0.2, 0.25) is 0 Å². The van der Waals surface area contributed by atoms with Crippen molar-refractivity contribution in [3.8, 4) is 0 Å². The molecule has 1 aliphatic carbocycles. The van der Waals surface area contributed by atoms with Gasteiger partial charge in [0.05, 0.1) is 34.7 Å². The minimum Gasteiger partial charge on any atom is -0.330 e. The van der Waals surface area contributed by atoms with Gasteiger partial charge in [-0.15, -0.1) is 0 Å². The third kappa shape index (κ3) is 5.16. The predicted octanol–water partition coefficient (Wildman–Crippen LogP) is 5.04. The molecule has 192 valence electrons. The van der Waals surface area contributed by atoms with Crippen molar-refractivity contribution in [1.82, 2.24) is 18.8 Å². The lowest BCUT2D eigenvalue weighted by Crippen LogP contribution is -2.33. The highest BCUT2D eigenvalue weighted by molar-refractivity contribution is 7.89. The van der Waals surface area contributed by atoms with E-state index in [0.29, 0.717) is 24.1 Å². The van der Waals surface area contributed by atoms with Crippen molar-refractivity contribution < 1.29 is 8.42 Å². The zero-order chi connectivity index (χ0) is 25.7. The summed E-state index contributed by atoms with van der Waals surface area (Å²) in [5.41, 5.74) is 10.4. The Morgan fingerprint density at radius 3 is 2.61 bits per heavy atom. The first-order valence-corrected chi connectivity index (χ1v) is 14.8. The fourth-order valence-electron chi connectivity index (χ4n) is 5.34. The number of hydrogen-bond donors (Lipinski definition) is 1. The molecule has 1 atom stereocenters. The number of rotatable bonds is 8. The van der Waals surface area contributed by atoms with Gasteiger partial charge in [0.25, 0.3) is 0 Å². The topological polar surface area (TPSA) is 94.1 Å². The van der Waals surface area contributed by atoms with Gasteiger partial charge in [-0.2, -0.15) is 0 Å². The molecule has 0 amide bonds. The van der Waals surface area contributed by atoms with E-state index >= 15 is 0 Å². The van der Waals surface area contributed by atoms with Crippen LogP contribution in [0.15, 0.2) is 54.9 Å². The first-order chi connectivity index (χ1) is 17.5. The van der Waals surface area contributed by atoms with E-state index < -0.39 is 10.0 Å². The van der Waals surface area contributed by atoms with Crippen LogP contribution in [-0.2, 0) is 23.0 Å². The van der Waals surface area contributed by atoms with Gasteiger partial charge < -0.3 is 5.73 Å². The smallest absolute Gasteiger partial charge is 0.236 e. The van der Waals surface area contributed by atoms with Crippen LogP contribution in [0.1, 0.15) is 62.5 Å². The minimum absolute atomic E-state index is 0.177. The molecule has 0 bridgehead atoms. The number of benzene rings is 1. The monoisotopic (exact) mass is 507 g/mol. The summed E-state index contributed by atoms with van der Waals surface area (Å²) in [6, 6.07) is 13.9. The van der Waals surface area contributed by atoms with Crippen molar-refractivity contribution in [3.05, 3.63) is 71.8 Å². The van der Waals surface area contributed by atoms with Crippen molar-refractivity contribution >= 4 is 31.8 Å². The van der Waals surface area contributed by atoms with Crippen LogP contribution < -0.4 is 5.73 Å². The third-order valence-corrected chi connectivity index (χ3v) is 7.85. The second kappa shape index (κ2) is 11.5. The SMILES string of the molecule is CC.CS(=O)(=O)n1c2ccccc2c2ccnc(CN(CCCCN)[C@H]3CCCc4cccnc43)c21. The maximum atomic E-state index is 12.9. The van der Waals surface area contributed by atoms with Gasteiger partial charge in [-0.05, 0) is 69.0 Å². The van der Waals surface area contributed by atoms with Gasteiger partial charge in [0.15, 0.2) is 0 Å². The summed E-state index contributed by atoms with van der Waals surface area (Å²) < 4.78 is 27.3. The van der Waals surface area contributed by atoms with Crippen LogP contribution in [0.4, 0.5) is 0 Å².